The zero-order chi connectivity index (χ0) is 11.6. The lowest BCUT2D eigenvalue weighted by atomic mass is 9.90. The molecule has 2 rings (SSSR count). The molecular formula is C14H14Cl2. The third-order valence-electron chi connectivity index (χ3n) is 2.88. The summed E-state index contributed by atoms with van der Waals surface area (Å²) in [6.07, 6.45) is 7.41. The number of rotatable bonds is 2. The van der Waals surface area contributed by atoms with Crippen LogP contribution in [0.4, 0.5) is 0 Å². The van der Waals surface area contributed by atoms with Gasteiger partial charge in [0.05, 0.1) is 4.87 Å². The lowest BCUT2D eigenvalue weighted by Crippen LogP contribution is -2.23. The molecule has 0 N–H and O–H groups in total. The monoisotopic (exact) mass is 252 g/mol. The highest BCUT2D eigenvalue weighted by Gasteiger charge is 2.27. The average Bonchev–Trinajstić information content (AvgIpc) is 2.21. The third-order valence-corrected chi connectivity index (χ3v) is 3.53. The van der Waals surface area contributed by atoms with Crippen molar-refractivity contribution in [2.24, 2.45) is 0 Å². The van der Waals surface area contributed by atoms with Crippen LogP contribution in [0.15, 0.2) is 47.5 Å². The second kappa shape index (κ2) is 4.65. The Labute approximate surface area is 107 Å². The number of halogens is 2. The molecule has 1 aliphatic rings. The highest BCUT2D eigenvalue weighted by Crippen LogP contribution is 2.35. The molecule has 1 atom stereocenters. The Bertz CT molecular complexity index is 446. The predicted molar refractivity (Wildman–Crippen MR) is 71.2 cm³/mol. The van der Waals surface area contributed by atoms with Crippen LogP contribution in [0.25, 0.3) is 0 Å². The average molecular weight is 253 g/mol. The highest BCUT2D eigenvalue weighted by atomic mass is 35.5. The first kappa shape index (κ1) is 11.8. The second-order valence-corrected chi connectivity index (χ2v) is 5.53. The number of hydrogen-bond acceptors (Lipinski definition) is 0. The molecule has 0 nitrogen and oxygen atoms in total. The minimum Gasteiger partial charge on any atom is -0.114 e. The number of allylic oxidation sites excluding steroid dienone is 4. The van der Waals surface area contributed by atoms with Gasteiger partial charge in [-0.05, 0) is 30.5 Å². The van der Waals surface area contributed by atoms with Crippen LogP contribution in [0.2, 0.25) is 0 Å². The van der Waals surface area contributed by atoms with E-state index in [1.807, 2.05) is 30.4 Å². The summed E-state index contributed by atoms with van der Waals surface area (Å²) in [6, 6.07) is 8.33. The maximum atomic E-state index is 6.56. The molecule has 0 heterocycles. The van der Waals surface area contributed by atoms with E-state index in [0.29, 0.717) is 6.42 Å². The van der Waals surface area contributed by atoms with Crippen molar-refractivity contribution in [3.05, 3.63) is 58.7 Å². The van der Waals surface area contributed by atoms with Gasteiger partial charge in [-0.2, -0.15) is 0 Å². The molecule has 1 aromatic carbocycles. The van der Waals surface area contributed by atoms with Crippen molar-refractivity contribution in [1.29, 1.82) is 0 Å². The zero-order valence-corrected chi connectivity index (χ0v) is 10.7. The highest BCUT2D eigenvalue weighted by molar-refractivity contribution is 6.32. The van der Waals surface area contributed by atoms with Crippen LogP contribution < -0.4 is 0 Å². The Kier molecular flexibility index (Phi) is 3.41. The Balaban J connectivity index is 2.19. The first-order valence-corrected chi connectivity index (χ1v) is 6.12. The molecule has 0 spiro atoms. The van der Waals surface area contributed by atoms with Crippen molar-refractivity contribution < 1.29 is 0 Å². The van der Waals surface area contributed by atoms with E-state index in [1.54, 1.807) is 0 Å². The van der Waals surface area contributed by atoms with Gasteiger partial charge in [0.15, 0.2) is 0 Å². The van der Waals surface area contributed by atoms with Gasteiger partial charge in [-0.1, -0.05) is 48.0 Å². The van der Waals surface area contributed by atoms with Crippen LogP contribution in [-0.2, 0) is 6.42 Å². The molecule has 1 aliphatic carbocycles. The molecule has 0 radical (unpaired) electrons. The lowest BCUT2D eigenvalue weighted by molar-refractivity contribution is 0.687. The quantitative estimate of drug-likeness (QED) is 0.676. The number of hydrogen-bond donors (Lipinski definition) is 0. The first-order chi connectivity index (χ1) is 7.59. The van der Waals surface area contributed by atoms with E-state index in [1.165, 1.54) is 11.1 Å². The molecule has 0 amide bonds. The molecule has 16 heavy (non-hydrogen) atoms. The maximum absolute atomic E-state index is 6.56. The van der Waals surface area contributed by atoms with E-state index in [2.05, 4.69) is 19.1 Å². The van der Waals surface area contributed by atoms with Gasteiger partial charge >= 0.3 is 0 Å². The number of benzene rings is 1. The van der Waals surface area contributed by atoms with E-state index < -0.39 is 0 Å². The summed E-state index contributed by atoms with van der Waals surface area (Å²) in [6.45, 7) is 2.11. The Morgan fingerprint density at radius 2 is 2.06 bits per heavy atom. The molecule has 0 bridgehead atoms. The Morgan fingerprint density at radius 3 is 2.75 bits per heavy atom. The van der Waals surface area contributed by atoms with E-state index in [9.17, 15) is 0 Å². The van der Waals surface area contributed by atoms with Gasteiger partial charge in [-0.25, -0.2) is 0 Å². The molecule has 0 saturated heterocycles. The van der Waals surface area contributed by atoms with Crippen LogP contribution >= 0.6 is 23.2 Å². The van der Waals surface area contributed by atoms with Gasteiger partial charge in [0.1, 0.15) is 0 Å². The van der Waals surface area contributed by atoms with Crippen LogP contribution in [0, 0.1) is 6.92 Å². The number of aryl methyl sites for hydroxylation is 1. The summed E-state index contributed by atoms with van der Waals surface area (Å²) in [5.41, 5.74) is 2.56. The van der Waals surface area contributed by atoms with Gasteiger partial charge in [0.25, 0.3) is 0 Å². The first-order valence-electron chi connectivity index (χ1n) is 5.36. The van der Waals surface area contributed by atoms with Crippen LogP contribution in [-0.4, -0.2) is 4.87 Å². The van der Waals surface area contributed by atoms with Gasteiger partial charge < -0.3 is 0 Å². The van der Waals surface area contributed by atoms with Crippen molar-refractivity contribution in [1.82, 2.24) is 0 Å². The SMILES string of the molecule is Cc1ccccc1CC1(Cl)C=CC=C(Cl)C1. The molecule has 1 unspecified atom stereocenters. The molecule has 0 aromatic heterocycles. The van der Waals surface area contributed by atoms with E-state index >= 15 is 0 Å². The van der Waals surface area contributed by atoms with Gasteiger partial charge in [0.2, 0.25) is 0 Å². The van der Waals surface area contributed by atoms with E-state index in [0.717, 1.165) is 11.5 Å². The minimum absolute atomic E-state index is 0.363. The van der Waals surface area contributed by atoms with Crippen LogP contribution in [0.1, 0.15) is 17.5 Å². The van der Waals surface area contributed by atoms with Crippen LogP contribution in [0.5, 0.6) is 0 Å². The zero-order valence-electron chi connectivity index (χ0n) is 9.21. The van der Waals surface area contributed by atoms with E-state index in [4.69, 9.17) is 23.2 Å². The van der Waals surface area contributed by atoms with Crippen molar-refractivity contribution in [2.45, 2.75) is 24.6 Å². The van der Waals surface area contributed by atoms with Crippen molar-refractivity contribution >= 4 is 23.2 Å². The fraction of sp³-hybridized carbons (Fsp3) is 0.286. The lowest BCUT2D eigenvalue weighted by Gasteiger charge is -2.26. The fourth-order valence-electron chi connectivity index (χ4n) is 1.97. The maximum Gasteiger partial charge on any atom is 0.0718 e. The molecule has 84 valence electrons. The van der Waals surface area contributed by atoms with Gasteiger partial charge in [-0.15, -0.1) is 11.6 Å². The predicted octanol–water partition coefficient (Wildman–Crippen LogP) is 4.60. The Hall–Kier alpha value is -0.720. The van der Waals surface area contributed by atoms with Crippen molar-refractivity contribution in [2.75, 3.05) is 0 Å². The summed E-state index contributed by atoms with van der Waals surface area (Å²) < 4.78 is 0. The topological polar surface area (TPSA) is 0 Å². The second-order valence-electron chi connectivity index (χ2n) is 4.29. The normalized spacial score (nSPS) is 24.3. The molecule has 0 fully saturated rings. The fourth-order valence-corrected chi connectivity index (χ4v) is 2.71. The van der Waals surface area contributed by atoms with E-state index in [-0.39, 0.29) is 4.87 Å². The summed E-state index contributed by atoms with van der Waals surface area (Å²) >= 11 is 12.6. The summed E-state index contributed by atoms with van der Waals surface area (Å²) in [4.78, 5) is -0.363. The summed E-state index contributed by atoms with van der Waals surface area (Å²) in [5, 5.41) is 0.825. The van der Waals surface area contributed by atoms with Gasteiger partial charge in [0, 0.05) is 11.5 Å². The standard InChI is InChI=1S/C14H14Cl2/c1-11-5-2-3-6-12(11)9-14(16)8-4-7-13(15)10-14/h2-8H,9-10H2,1H3. The van der Waals surface area contributed by atoms with Crippen molar-refractivity contribution in [3.8, 4) is 0 Å². The molecular weight excluding hydrogens is 239 g/mol. The minimum atomic E-state index is -0.363. The largest absolute Gasteiger partial charge is 0.114 e. The molecule has 2 heteroatoms. The summed E-state index contributed by atoms with van der Waals surface area (Å²) in [5.74, 6) is 0. The number of alkyl halides is 1. The van der Waals surface area contributed by atoms with Crippen LogP contribution in [0.3, 0.4) is 0 Å². The molecule has 1 aromatic rings. The summed E-state index contributed by atoms with van der Waals surface area (Å²) in [7, 11) is 0. The third kappa shape index (κ3) is 2.69. The molecule has 0 saturated carbocycles. The molecule has 0 aliphatic heterocycles. The smallest absolute Gasteiger partial charge is 0.0718 e. The van der Waals surface area contributed by atoms with Gasteiger partial charge in [-0.3, -0.25) is 0 Å². The van der Waals surface area contributed by atoms with Crippen molar-refractivity contribution in [3.63, 3.8) is 0 Å². The Morgan fingerprint density at radius 1 is 1.31 bits per heavy atom.